The highest BCUT2D eigenvalue weighted by Crippen LogP contribution is 2.41. The zero-order valence-electron chi connectivity index (χ0n) is 19.0. The van der Waals surface area contributed by atoms with E-state index in [2.05, 4.69) is 10.5 Å². The number of hydroxylamine groups is 1. The molecule has 0 aliphatic carbocycles. The Balaban J connectivity index is 1.25. The van der Waals surface area contributed by atoms with Crippen LogP contribution in [0.1, 0.15) is 35.6 Å². The second-order valence-electron chi connectivity index (χ2n) is 8.67. The predicted octanol–water partition coefficient (Wildman–Crippen LogP) is 5.89. The summed E-state index contributed by atoms with van der Waals surface area (Å²) >= 11 is 5.97. The van der Waals surface area contributed by atoms with Gasteiger partial charge in [0.05, 0.1) is 11.2 Å². The second kappa shape index (κ2) is 10.0. The van der Waals surface area contributed by atoms with Crippen LogP contribution in [0.3, 0.4) is 0 Å². The normalized spacial score (nSPS) is 17.7. The number of ether oxygens (including phenoxy) is 1. The molecule has 2 N–H and O–H groups in total. The fraction of sp³-hybridized carbons (Fsp3) is 0.214. The van der Waals surface area contributed by atoms with Crippen LogP contribution in [0.15, 0.2) is 84.9 Å². The van der Waals surface area contributed by atoms with E-state index in [-0.39, 0.29) is 5.92 Å². The van der Waals surface area contributed by atoms with Gasteiger partial charge < -0.3 is 9.84 Å². The van der Waals surface area contributed by atoms with E-state index in [1.54, 1.807) is 0 Å². The van der Waals surface area contributed by atoms with E-state index in [4.69, 9.17) is 21.2 Å². The number of aromatic nitrogens is 1. The van der Waals surface area contributed by atoms with Crippen molar-refractivity contribution in [2.24, 2.45) is 0 Å². The van der Waals surface area contributed by atoms with E-state index in [0.29, 0.717) is 23.8 Å². The zero-order chi connectivity index (χ0) is 24.3. The number of para-hydroxylation sites is 1. The van der Waals surface area contributed by atoms with Crippen molar-refractivity contribution < 1.29 is 19.5 Å². The predicted molar refractivity (Wildman–Crippen MR) is 134 cm³/mol. The van der Waals surface area contributed by atoms with Gasteiger partial charge in [-0.25, -0.2) is 9.78 Å². The van der Waals surface area contributed by atoms with Gasteiger partial charge in [-0.15, -0.1) is 0 Å². The lowest BCUT2D eigenvalue weighted by Gasteiger charge is -2.20. The quantitative estimate of drug-likeness (QED) is 0.270. The van der Waals surface area contributed by atoms with E-state index in [1.165, 1.54) is 0 Å². The zero-order valence-corrected chi connectivity index (χ0v) is 19.7. The molecule has 6 nitrogen and oxygen atoms in total. The van der Waals surface area contributed by atoms with Crippen molar-refractivity contribution in [1.82, 2.24) is 10.5 Å². The molecule has 0 bridgehead atoms. The molecule has 1 aliphatic rings. The standard InChI is InChI=1S/C28H25ClN2O4/c29-22-13-8-19(9-14-22)4-3-6-25(28(27(32)33)31-35-28)20-11-16-24(17-12-20)34-18-23-15-10-21-5-1-2-7-26(21)30-23/h1-2,5,7-17,25,31H,3-4,6,18H2,(H,32,33). The van der Waals surface area contributed by atoms with Crippen molar-refractivity contribution in [2.75, 3.05) is 0 Å². The summed E-state index contributed by atoms with van der Waals surface area (Å²) in [6, 6.07) is 27.2. The molecule has 1 saturated heterocycles. The fourth-order valence-corrected chi connectivity index (χ4v) is 4.47. The Morgan fingerprint density at radius 2 is 1.77 bits per heavy atom. The van der Waals surface area contributed by atoms with Crippen LogP contribution in [-0.2, 0) is 22.7 Å². The number of hydrogen-bond donors (Lipinski definition) is 2. The van der Waals surface area contributed by atoms with Gasteiger partial charge in [0.25, 0.3) is 5.72 Å². The van der Waals surface area contributed by atoms with Crippen molar-refractivity contribution >= 4 is 28.5 Å². The van der Waals surface area contributed by atoms with Gasteiger partial charge >= 0.3 is 5.97 Å². The Bertz CT molecular complexity index is 1320. The summed E-state index contributed by atoms with van der Waals surface area (Å²) < 4.78 is 5.94. The van der Waals surface area contributed by atoms with Crippen LogP contribution in [0, 0.1) is 0 Å². The van der Waals surface area contributed by atoms with Crippen molar-refractivity contribution in [1.29, 1.82) is 0 Å². The van der Waals surface area contributed by atoms with Crippen molar-refractivity contribution in [3.05, 3.63) is 107 Å². The molecule has 2 atom stereocenters. The molecule has 0 spiro atoms. The first-order valence-electron chi connectivity index (χ1n) is 11.5. The number of nitrogens with one attached hydrogen (secondary N) is 1. The van der Waals surface area contributed by atoms with Gasteiger partial charge in [0.15, 0.2) is 0 Å². The first kappa shape index (κ1) is 23.3. The number of fused-ring (bicyclic) bond motifs is 1. The van der Waals surface area contributed by atoms with Crippen molar-refractivity contribution in [2.45, 2.75) is 37.5 Å². The first-order chi connectivity index (χ1) is 17.0. The van der Waals surface area contributed by atoms with E-state index >= 15 is 0 Å². The third-order valence-electron chi connectivity index (χ3n) is 6.33. The van der Waals surface area contributed by atoms with Crippen LogP contribution in [0.25, 0.3) is 10.9 Å². The second-order valence-corrected chi connectivity index (χ2v) is 9.11. The molecule has 178 valence electrons. The van der Waals surface area contributed by atoms with Crippen LogP contribution < -0.4 is 10.2 Å². The molecule has 1 aromatic heterocycles. The third-order valence-corrected chi connectivity index (χ3v) is 6.58. The SMILES string of the molecule is O=C(O)C1(C(CCCc2ccc(Cl)cc2)c2ccc(OCc3ccc4ccccc4n3)cc2)NO1. The van der Waals surface area contributed by atoms with Crippen LogP contribution in [0.5, 0.6) is 5.75 Å². The highest BCUT2D eigenvalue weighted by Gasteiger charge is 2.59. The molecule has 35 heavy (non-hydrogen) atoms. The number of carboxylic acid groups (broad SMARTS) is 1. The molecular weight excluding hydrogens is 464 g/mol. The summed E-state index contributed by atoms with van der Waals surface area (Å²) in [5.74, 6) is -0.669. The summed E-state index contributed by atoms with van der Waals surface area (Å²) in [5, 5.41) is 11.6. The van der Waals surface area contributed by atoms with Crippen molar-refractivity contribution in [3.8, 4) is 5.75 Å². The fourth-order valence-electron chi connectivity index (χ4n) is 4.34. The minimum atomic E-state index is -1.39. The lowest BCUT2D eigenvalue weighted by atomic mass is 9.85. The van der Waals surface area contributed by atoms with Crippen molar-refractivity contribution in [3.63, 3.8) is 0 Å². The Hall–Kier alpha value is -3.45. The largest absolute Gasteiger partial charge is 0.487 e. The number of rotatable bonds is 10. The van der Waals surface area contributed by atoms with Crippen LogP contribution >= 0.6 is 11.6 Å². The maximum atomic E-state index is 12.0. The Labute approximate surface area is 208 Å². The van der Waals surface area contributed by atoms with Gasteiger partial charge in [-0.2, -0.15) is 5.48 Å². The van der Waals surface area contributed by atoms with E-state index in [0.717, 1.165) is 40.6 Å². The molecule has 0 saturated carbocycles. The number of carbonyl (C=O) groups is 1. The Morgan fingerprint density at radius 3 is 2.49 bits per heavy atom. The van der Waals surface area contributed by atoms with E-state index in [9.17, 15) is 9.90 Å². The molecule has 0 radical (unpaired) electrons. The third kappa shape index (κ3) is 5.30. The molecular formula is C28H25ClN2O4. The highest BCUT2D eigenvalue weighted by atomic mass is 35.5. The topological polar surface area (TPSA) is 93.9 Å². The molecule has 1 aliphatic heterocycles. The molecule has 7 heteroatoms. The molecule has 1 fully saturated rings. The minimum absolute atomic E-state index is 0.344. The molecule has 2 unspecified atom stereocenters. The number of benzene rings is 3. The first-order valence-corrected chi connectivity index (χ1v) is 11.9. The average molecular weight is 489 g/mol. The highest BCUT2D eigenvalue weighted by molar-refractivity contribution is 6.30. The van der Waals surface area contributed by atoms with E-state index < -0.39 is 11.7 Å². The average Bonchev–Trinajstić information content (AvgIpc) is 3.69. The van der Waals surface area contributed by atoms with Gasteiger partial charge in [-0.05, 0) is 66.8 Å². The summed E-state index contributed by atoms with van der Waals surface area (Å²) in [6.45, 7) is 0.346. The van der Waals surface area contributed by atoms with Gasteiger partial charge in [0.2, 0.25) is 0 Å². The maximum absolute atomic E-state index is 12.0. The van der Waals surface area contributed by atoms with Crippen LogP contribution in [0.4, 0.5) is 0 Å². The molecule has 2 heterocycles. The molecule has 5 rings (SSSR count). The maximum Gasteiger partial charge on any atom is 0.356 e. The van der Waals surface area contributed by atoms with Gasteiger partial charge in [-0.3, -0.25) is 4.84 Å². The number of nitrogens with zero attached hydrogens (tertiary/aromatic N) is 1. The summed E-state index contributed by atoms with van der Waals surface area (Å²) in [5.41, 5.74) is 5.04. The number of hydrogen-bond acceptors (Lipinski definition) is 5. The summed E-state index contributed by atoms with van der Waals surface area (Å²) in [6.07, 6.45) is 2.27. The Kier molecular flexibility index (Phi) is 6.68. The number of aryl methyl sites for hydroxylation is 1. The van der Waals surface area contributed by atoms with Gasteiger partial charge in [0, 0.05) is 16.3 Å². The number of aliphatic carboxylic acids is 1. The van der Waals surface area contributed by atoms with Crippen LogP contribution in [0.2, 0.25) is 5.02 Å². The monoisotopic (exact) mass is 488 g/mol. The number of carboxylic acids is 1. The molecule has 4 aromatic rings. The molecule has 3 aromatic carbocycles. The van der Waals surface area contributed by atoms with Gasteiger partial charge in [-0.1, -0.05) is 60.1 Å². The van der Waals surface area contributed by atoms with Crippen LogP contribution in [-0.4, -0.2) is 21.8 Å². The number of pyridine rings is 1. The minimum Gasteiger partial charge on any atom is -0.487 e. The smallest absolute Gasteiger partial charge is 0.356 e. The lowest BCUT2D eigenvalue weighted by Crippen LogP contribution is -2.35. The summed E-state index contributed by atoms with van der Waals surface area (Å²) in [7, 11) is 0. The Morgan fingerprint density at radius 1 is 1.03 bits per heavy atom. The number of halogens is 1. The molecule has 0 amide bonds. The summed E-state index contributed by atoms with van der Waals surface area (Å²) in [4.78, 5) is 21.8. The van der Waals surface area contributed by atoms with Gasteiger partial charge in [0.1, 0.15) is 12.4 Å². The lowest BCUT2D eigenvalue weighted by molar-refractivity contribution is -0.144. The van der Waals surface area contributed by atoms with E-state index in [1.807, 2.05) is 84.9 Å².